The number of nitrogens with two attached hydrogens (primary N) is 1. The van der Waals surface area contributed by atoms with Crippen molar-refractivity contribution in [1.82, 2.24) is 0 Å². The van der Waals surface area contributed by atoms with Gasteiger partial charge in [-0.2, -0.15) is 0 Å². The van der Waals surface area contributed by atoms with Gasteiger partial charge in [0.25, 0.3) is 0 Å². The van der Waals surface area contributed by atoms with Crippen LogP contribution in [0.15, 0.2) is 18.2 Å². The van der Waals surface area contributed by atoms with Gasteiger partial charge in [-0.05, 0) is 31.9 Å². The lowest BCUT2D eigenvalue weighted by molar-refractivity contribution is 0.106. The van der Waals surface area contributed by atoms with E-state index in [4.69, 9.17) is 11.1 Å². The molecule has 1 saturated carbocycles. The lowest BCUT2D eigenvalue weighted by atomic mass is 9.91. The average Bonchev–Trinajstić information content (AvgIpc) is 2.38. The molecule has 2 unspecified atom stereocenters. The fourth-order valence-electron chi connectivity index (χ4n) is 2.90. The number of nitrogen functional groups attached to an aromatic ring is 1. The molecule has 0 aliphatic heterocycles. The zero-order chi connectivity index (χ0) is 14.0. The summed E-state index contributed by atoms with van der Waals surface area (Å²) in [5.41, 5.74) is 8.45. The monoisotopic (exact) mass is 261 g/mol. The van der Waals surface area contributed by atoms with Gasteiger partial charge in [-0.3, -0.25) is 5.41 Å². The summed E-state index contributed by atoms with van der Waals surface area (Å²) in [6.45, 7) is 1.99. The number of aliphatic hydroxyl groups is 1. The van der Waals surface area contributed by atoms with Gasteiger partial charge in [0.15, 0.2) is 0 Å². The van der Waals surface area contributed by atoms with Gasteiger partial charge in [-0.25, -0.2) is 0 Å². The number of aryl methyl sites for hydroxylation is 1. The van der Waals surface area contributed by atoms with E-state index in [-0.39, 0.29) is 18.0 Å². The Labute approximate surface area is 114 Å². The number of nitrogens with zero attached hydrogens (tertiary/aromatic N) is 1. The maximum atomic E-state index is 10.2. The van der Waals surface area contributed by atoms with Crippen LogP contribution in [0.4, 0.5) is 5.69 Å². The quantitative estimate of drug-likeness (QED) is 0.575. The van der Waals surface area contributed by atoms with Crippen LogP contribution in [0.2, 0.25) is 0 Å². The Kier molecular flexibility index (Phi) is 4.10. The molecule has 0 amide bonds. The van der Waals surface area contributed by atoms with Crippen molar-refractivity contribution in [1.29, 1.82) is 5.41 Å². The topological polar surface area (TPSA) is 73.3 Å². The van der Waals surface area contributed by atoms with Crippen molar-refractivity contribution < 1.29 is 5.11 Å². The fourth-order valence-corrected chi connectivity index (χ4v) is 2.90. The average molecular weight is 261 g/mol. The number of anilines is 1. The first-order valence-corrected chi connectivity index (χ1v) is 6.86. The summed E-state index contributed by atoms with van der Waals surface area (Å²) >= 11 is 0. The van der Waals surface area contributed by atoms with Crippen molar-refractivity contribution in [3.05, 3.63) is 29.3 Å². The third-order valence-electron chi connectivity index (χ3n) is 4.01. The van der Waals surface area contributed by atoms with Crippen LogP contribution in [0.25, 0.3) is 0 Å². The number of hydrogen-bond donors (Lipinski definition) is 3. The van der Waals surface area contributed by atoms with E-state index < -0.39 is 0 Å². The van der Waals surface area contributed by atoms with Crippen LogP contribution in [0, 0.1) is 12.3 Å². The number of benzene rings is 1. The molecule has 2 rings (SSSR count). The van der Waals surface area contributed by atoms with E-state index in [9.17, 15) is 5.11 Å². The summed E-state index contributed by atoms with van der Waals surface area (Å²) in [7, 11) is 1.98. The molecule has 1 aromatic carbocycles. The Hall–Kier alpha value is -1.55. The van der Waals surface area contributed by atoms with Gasteiger partial charge in [0, 0.05) is 18.3 Å². The lowest BCUT2D eigenvalue weighted by Crippen LogP contribution is -2.44. The molecule has 2 atom stereocenters. The fraction of sp³-hybridized carbons (Fsp3) is 0.533. The third-order valence-corrected chi connectivity index (χ3v) is 4.01. The lowest BCUT2D eigenvalue weighted by Gasteiger charge is -2.37. The molecule has 1 aliphatic rings. The smallest absolute Gasteiger partial charge is 0.124 e. The predicted octanol–water partition coefficient (Wildman–Crippen LogP) is 2.02. The summed E-state index contributed by atoms with van der Waals surface area (Å²) in [5, 5.41) is 17.9. The molecular weight excluding hydrogens is 238 g/mol. The van der Waals surface area contributed by atoms with E-state index in [2.05, 4.69) is 4.90 Å². The number of likely N-dealkylation sites (N-methyl/N-ethyl adjacent to an activating group) is 1. The zero-order valence-electron chi connectivity index (χ0n) is 11.7. The summed E-state index contributed by atoms with van der Waals surface area (Å²) < 4.78 is 0. The molecule has 4 N–H and O–H groups in total. The summed E-state index contributed by atoms with van der Waals surface area (Å²) in [6, 6.07) is 6.07. The van der Waals surface area contributed by atoms with Crippen LogP contribution in [-0.2, 0) is 0 Å². The highest BCUT2D eigenvalue weighted by atomic mass is 16.3. The van der Waals surface area contributed by atoms with Gasteiger partial charge in [-0.15, -0.1) is 0 Å². The Morgan fingerprint density at radius 3 is 2.68 bits per heavy atom. The molecule has 1 fully saturated rings. The SMILES string of the molecule is Cc1ccc(N(C)C2CCCCC2O)c(C(=N)N)c1. The largest absolute Gasteiger partial charge is 0.391 e. The highest BCUT2D eigenvalue weighted by Crippen LogP contribution is 2.29. The van der Waals surface area contributed by atoms with Gasteiger partial charge in [-0.1, -0.05) is 24.5 Å². The molecule has 0 bridgehead atoms. The number of aliphatic hydroxyl groups excluding tert-OH is 1. The molecule has 0 radical (unpaired) electrons. The van der Waals surface area contributed by atoms with Crippen molar-refractivity contribution >= 4 is 11.5 Å². The summed E-state index contributed by atoms with van der Waals surface area (Å²) in [5.74, 6) is 0.0795. The van der Waals surface area contributed by atoms with Gasteiger partial charge >= 0.3 is 0 Å². The van der Waals surface area contributed by atoms with Gasteiger partial charge in [0.05, 0.1) is 12.1 Å². The maximum Gasteiger partial charge on any atom is 0.124 e. The molecule has 19 heavy (non-hydrogen) atoms. The van der Waals surface area contributed by atoms with Crippen LogP contribution in [0.1, 0.15) is 36.8 Å². The van der Waals surface area contributed by atoms with E-state index in [1.165, 1.54) is 0 Å². The molecule has 0 saturated heterocycles. The van der Waals surface area contributed by atoms with Crippen LogP contribution in [0.3, 0.4) is 0 Å². The molecule has 104 valence electrons. The minimum Gasteiger partial charge on any atom is -0.391 e. The molecule has 0 aromatic heterocycles. The van der Waals surface area contributed by atoms with E-state index >= 15 is 0 Å². The van der Waals surface area contributed by atoms with Crippen molar-refractivity contribution in [2.45, 2.75) is 44.8 Å². The van der Waals surface area contributed by atoms with E-state index in [1.54, 1.807) is 0 Å². The van der Waals surface area contributed by atoms with Gasteiger partial charge in [0.1, 0.15) is 5.84 Å². The normalized spacial score (nSPS) is 23.1. The van der Waals surface area contributed by atoms with Crippen molar-refractivity contribution in [3.63, 3.8) is 0 Å². The number of amidine groups is 1. The first kappa shape index (κ1) is 13.9. The van der Waals surface area contributed by atoms with E-state index in [0.29, 0.717) is 0 Å². The Morgan fingerprint density at radius 2 is 2.05 bits per heavy atom. The number of nitrogens with one attached hydrogen (secondary N) is 1. The van der Waals surface area contributed by atoms with Crippen molar-refractivity contribution in [2.75, 3.05) is 11.9 Å². The van der Waals surface area contributed by atoms with E-state index in [1.807, 2.05) is 32.2 Å². The second-order valence-corrected chi connectivity index (χ2v) is 5.46. The van der Waals surface area contributed by atoms with Gasteiger partial charge < -0.3 is 15.7 Å². The first-order chi connectivity index (χ1) is 9.00. The van der Waals surface area contributed by atoms with Crippen LogP contribution in [0.5, 0.6) is 0 Å². The maximum absolute atomic E-state index is 10.2. The number of rotatable bonds is 3. The molecule has 0 spiro atoms. The Balaban J connectivity index is 2.32. The zero-order valence-corrected chi connectivity index (χ0v) is 11.7. The predicted molar refractivity (Wildman–Crippen MR) is 78.9 cm³/mol. The molecule has 4 heteroatoms. The second-order valence-electron chi connectivity index (χ2n) is 5.46. The van der Waals surface area contributed by atoms with Crippen LogP contribution < -0.4 is 10.6 Å². The highest BCUT2D eigenvalue weighted by molar-refractivity contribution is 6.00. The van der Waals surface area contributed by atoms with Gasteiger partial charge in [0.2, 0.25) is 0 Å². The molecule has 1 aliphatic carbocycles. The Morgan fingerprint density at radius 1 is 1.37 bits per heavy atom. The van der Waals surface area contributed by atoms with Crippen LogP contribution >= 0.6 is 0 Å². The Bertz CT molecular complexity index is 472. The third kappa shape index (κ3) is 2.89. The summed E-state index contributed by atoms with van der Waals surface area (Å²) in [4.78, 5) is 2.08. The van der Waals surface area contributed by atoms with Crippen molar-refractivity contribution in [2.24, 2.45) is 5.73 Å². The second kappa shape index (κ2) is 5.61. The highest BCUT2D eigenvalue weighted by Gasteiger charge is 2.28. The molecule has 4 nitrogen and oxygen atoms in total. The minimum absolute atomic E-state index is 0.0795. The van der Waals surface area contributed by atoms with Crippen LogP contribution in [-0.4, -0.2) is 30.1 Å². The molecular formula is C15H23N3O. The van der Waals surface area contributed by atoms with Crippen molar-refractivity contribution in [3.8, 4) is 0 Å². The molecule has 1 aromatic rings. The molecule has 0 heterocycles. The first-order valence-electron chi connectivity index (χ1n) is 6.86. The van der Waals surface area contributed by atoms with E-state index in [0.717, 1.165) is 42.5 Å². The number of hydrogen-bond acceptors (Lipinski definition) is 3. The standard InChI is InChI=1S/C15H23N3O/c1-10-7-8-12(11(9-10)15(16)17)18(2)13-5-3-4-6-14(13)19/h7-9,13-14,19H,3-6H2,1-2H3,(H3,16,17). The summed E-state index contributed by atoms with van der Waals surface area (Å²) in [6.07, 6.45) is 3.80. The minimum atomic E-state index is -0.292.